The molecule has 0 aliphatic rings. The second-order valence-corrected chi connectivity index (χ2v) is 3.45. The van der Waals surface area contributed by atoms with Gasteiger partial charge in [0.15, 0.2) is 0 Å². The topological polar surface area (TPSA) is 44.0 Å². The predicted molar refractivity (Wildman–Crippen MR) is 53.6 cm³/mol. The van der Waals surface area contributed by atoms with Crippen LogP contribution in [-0.2, 0) is 0 Å². The lowest BCUT2D eigenvalue weighted by Gasteiger charge is -2.22. The van der Waals surface area contributed by atoms with E-state index in [1.807, 2.05) is 6.07 Å². The smallest absolute Gasteiger partial charge is 0.283 e. The number of quaternary nitrogens is 1. The highest BCUT2D eigenvalue weighted by atomic mass is 16.2. The summed E-state index contributed by atoms with van der Waals surface area (Å²) in [4.78, 5) is 0. The lowest BCUT2D eigenvalue weighted by Crippen LogP contribution is -2.34. The highest BCUT2D eigenvalue weighted by Crippen LogP contribution is 2.14. The Hall–Kier alpha value is -1.53. The molecule has 1 N–H and O–H groups in total. The standard InChI is InChI=1S/C9H14N.CHNO/c1-10(2,3)9-7-5-4-6-8-9;2-1-3/h4-8H,1-3H3;3H/q+1;. The highest BCUT2D eigenvalue weighted by molar-refractivity contribution is 5.40. The van der Waals surface area contributed by atoms with Crippen LogP contribution in [0.25, 0.3) is 0 Å². The Morgan fingerprint density at radius 1 is 1.15 bits per heavy atom. The minimum Gasteiger partial charge on any atom is -0.443 e. The SMILES string of the molecule is C[N+](C)(C)c1ccccc1.N#CO. The van der Waals surface area contributed by atoms with Crippen LogP contribution in [0.2, 0.25) is 0 Å². The monoisotopic (exact) mass is 179 g/mol. The van der Waals surface area contributed by atoms with Crippen LogP contribution < -0.4 is 4.48 Å². The molecule has 0 spiro atoms. The van der Waals surface area contributed by atoms with Gasteiger partial charge in [0.25, 0.3) is 6.26 Å². The van der Waals surface area contributed by atoms with E-state index in [1.54, 1.807) is 0 Å². The van der Waals surface area contributed by atoms with Gasteiger partial charge in [-0.15, -0.1) is 0 Å². The van der Waals surface area contributed by atoms with Crippen molar-refractivity contribution >= 4 is 5.69 Å². The summed E-state index contributed by atoms with van der Waals surface area (Å²) < 4.78 is 0.890. The number of aliphatic hydroxyl groups is 1. The summed E-state index contributed by atoms with van der Waals surface area (Å²) in [5, 5.41) is 13.8. The van der Waals surface area contributed by atoms with E-state index in [1.165, 1.54) is 5.69 Å². The van der Waals surface area contributed by atoms with Crippen LogP contribution in [0.5, 0.6) is 0 Å². The maximum atomic E-state index is 6.88. The number of nitrogens with zero attached hydrogens (tertiary/aromatic N) is 2. The van der Waals surface area contributed by atoms with E-state index < -0.39 is 0 Å². The lowest BCUT2D eigenvalue weighted by molar-refractivity contribution is 0.486. The molecule has 0 unspecified atom stereocenters. The van der Waals surface area contributed by atoms with E-state index in [0.29, 0.717) is 0 Å². The van der Waals surface area contributed by atoms with Gasteiger partial charge in [0, 0.05) is 0 Å². The summed E-state index contributed by atoms with van der Waals surface area (Å²) >= 11 is 0. The first-order valence-electron chi connectivity index (χ1n) is 3.92. The Morgan fingerprint density at radius 3 is 1.77 bits per heavy atom. The van der Waals surface area contributed by atoms with E-state index in [2.05, 4.69) is 45.4 Å². The van der Waals surface area contributed by atoms with Crippen LogP contribution in [0, 0.1) is 11.5 Å². The average molecular weight is 179 g/mol. The molecule has 0 atom stereocenters. The Bertz CT molecular complexity index is 269. The number of hydrogen-bond acceptors (Lipinski definition) is 2. The van der Waals surface area contributed by atoms with Crippen molar-refractivity contribution in [2.45, 2.75) is 0 Å². The fourth-order valence-corrected chi connectivity index (χ4v) is 0.875. The molecule has 0 bridgehead atoms. The van der Waals surface area contributed by atoms with E-state index in [0.717, 1.165) is 10.7 Å². The predicted octanol–water partition coefficient (Wildman–Crippen LogP) is 1.72. The fourth-order valence-electron chi connectivity index (χ4n) is 0.875. The Balaban J connectivity index is 0.000000424. The molecule has 1 rings (SSSR count). The summed E-state index contributed by atoms with van der Waals surface area (Å²) in [7, 11) is 6.49. The summed E-state index contributed by atoms with van der Waals surface area (Å²) in [6.45, 7) is 0. The van der Waals surface area contributed by atoms with Gasteiger partial charge in [0.05, 0.1) is 21.1 Å². The summed E-state index contributed by atoms with van der Waals surface area (Å²) in [6, 6.07) is 10.5. The fraction of sp³-hybridized carbons (Fsp3) is 0.300. The van der Waals surface area contributed by atoms with Crippen molar-refractivity contribution < 1.29 is 5.11 Å². The van der Waals surface area contributed by atoms with Gasteiger partial charge in [-0.1, -0.05) is 18.2 Å². The molecular weight excluding hydrogens is 164 g/mol. The lowest BCUT2D eigenvalue weighted by atomic mass is 10.3. The van der Waals surface area contributed by atoms with E-state index in [4.69, 9.17) is 10.4 Å². The van der Waals surface area contributed by atoms with E-state index in [-0.39, 0.29) is 0 Å². The molecule has 1 aromatic rings. The minimum absolute atomic E-state index is 0.750. The van der Waals surface area contributed by atoms with Gasteiger partial charge in [-0.2, -0.15) is 5.26 Å². The van der Waals surface area contributed by atoms with Crippen molar-refractivity contribution in [3.05, 3.63) is 30.3 Å². The van der Waals surface area contributed by atoms with E-state index in [9.17, 15) is 0 Å². The molecule has 0 saturated heterocycles. The largest absolute Gasteiger partial charge is 0.443 e. The van der Waals surface area contributed by atoms with Gasteiger partial charge in [-0.25, -0.2) is 0 Å². The third-order valence-corrected chi connectivity index (χ3v) is 1.53. The van der Waals surface area contributed by atoms with Crippen LogP contribution in [0.3, 0.4) is 0 Å². The molecule has 0 amide bonds. The molecule has 0 fully saturated rings. The van der Waals surface area contributed by atoms with Crippen LogP contribution in [0.15, 0.2) is 30.3 Å². The molecule has 0 heterocycles. The third-order valence-electron chi connectivity index (χ3n) is 1.53. The second kappa shape index (κ2) is 5.18. The van der Waals surface area contributed by atoms with Crippen molar-refractivity contribution in [3.8, 4) is 6.26 Å². The van der Waals surface area contributed by atoms with Gasteiger partial charge in [0.1, 0.15) is 5.69 Å². The van der Waals surface area contributed by atoms with Gasteiger partial charge in [-0.3, -0.25) is 4.48 Å². The second-order valence-electron chi connectivity index (χ2n) is 3.45. The van der Waals surface area contributed by atoms with Crippen LogP contribution in [0.1, 0.15) is 0 Å². The number of nitriles is 1. The van der Waals surface area contributed by atoms with Crippen LogP contribution in [0.4, 0.5) is 5.69 Å². The zero-order valence-corrected chi connectivity index (χ0v) is 8.23. The Kier molecular flexibility index (Phi) is 4.57. The zero-order valence-electron chi connectivity index (χ0n) is 8.23. The molecule has 3 nitrogen and oxygen atoms in total. The summed E-state index contributed by atoms with van der Waals surface area (Å²) in [5.41, 5.74) is 1.34. The molecule has 13 heavy (non-hydrogen) atoms. The van der Waals surface area contributed by atoms with Gasteiger partial charge >= 0.3 is 0 Å². The van der Waals surface area contributed by atoms with Gasteiger partial charge in [0.2, 0.25) is 0 Å². The molecule has 0 aliphatic heterocycles. The first-order chi connectivity index (χ1) is 6.02. The molecule has 0 saturated carbocycles. The van der Waals surface area contributed by atoms with Crippen molar-refractivity contribution in [3.63, 3.8) is 0 Å². The Morgan fingerprint density at radius 2 is 1.54 bits per heavy atom. The zero-order chi connectivity index (χ0) is 10.3. The maximum Gasteiger partial charge on any atom is 0.283 e. The van der Waals surface area contributed by atoms with E-state index >= 15 is 0 Å². The van der Waals surface area contributed by atoms with Crippen LogP contribution in [-0.4, -0.2) is 26.2 Å². The van der Waals surface area contributed by atoms with Gasteiger partial charge < -0.3 is 5.11 Å². The summed E-state index contributed by atoms with van der Waals surface area (Å²) in [5.74, 6) is 0. The minimum atomic E-state index is 0.750. The Labute approximate surface area is 79.1 Å². The van der Waals surface area contributed by atoms with Crippen molar-refractivity contribution in [1.82, 2.24) is 4.48 Å². The third kappa shape index (κ3) is 4.83. The highest BCUT2D eigenvalue weighted by Gasteiger charge is 2.08. The number of hydrogen-bond donors (Lipinski definition) is 1. The number of para-hydroxylation sites is 1. The van der Waals surface area contributed by atoms with Gasteiger partial charge in [-0.05, 0) is 12.1 Å². The first-order valence-corrected chi connectivity index (χ1v) is 3.92. The average Bonchev–Trinajstić information content (AvgIpc) is 2.06. The quantitative estimate of drug-likeness (QED) is 0.527. The number of aliphatic hydroxyl groups excluding tert-OH is 1. The first kappa shape index (κ1) is 11.5. The maximum absolute atomic E-state index is 6.88. The molecule has 1 aromatic carbocycles. The number of rotatable bonds is 1. The van der Waals surface area contributed by atoms with Crippen molar-refractivity contribution in [1.29, 1.82) is 5.26 Å². The normalized spacial score (nSPS) is 9.38. The molecular formula is C10H15N2O+. The molecule has 3 heteroatoms. The molecule has 0 aromatic heterocycles. The molecule has 0 aliphatic carbocycles. The van der Waals surface area contributed by atoms with Crippen molar-refractivity contribution in [2.75, 3.05) is 21.1 Å². The number of benzene rings is 1. The molecule has 70 valence electrons. The molecule has 0 radical (unpaired) electrons. The summed E-state index contributed by atoms with van der Waals surface area (Å²) in [6.07, 6.45) is 0.750. The van der Waals surface area contributed by atoms with Crippen molar-refractivity contribution in [2.24, 2.45) is 0 Å². The van der Waals surface area contributed by atoms with Crippen LogP contribution >= 0.6 is 0 Å².